The molecule has 1 aliphatic heterocycles. The monoisotopic (exact) mass is 349 g/mol. The Hall–Kier alpha value is -2.28. The van der Waals surface area contributed by atoms with Crippen LogP contribution in [0, 0.1) is 0 Å². The van der Waals surface area contributed by atoms with Crippen LogP contribution in [0.15, 0.2) is 35.1 Å². The number of rotatable bonds is 2. The highest BCUT2D eigenvalue weighted by Gasteiger charge is 2.16. The topological polar surface area (TPSA) is 86.5 Å². The molecule has 3 N–H and O–H groups in total. The van der Waals surface area contributed by atoms with Crippen LogP contribution in [0.5, 0.6) is 11.5 Å². The predicted octanol–water partition coefficient (Wildman–Crippen LogP) is 2.45. The highest BCUT2D eigenvalue weighted by Crippen LogP contribution is 2.37. The first-order valence-electron chi connectivity index (χ1n) is 6.24. The molecule has 0 saturated carbocycles. The van der Waals surface area contributed by atoms with Crippen molar-refractivity contribution in [3.8, 4) is 11.5 Å². The number of nitrogens with zero attached hydrogens (tertiary/aromatic N) is 1. The van der Waals surface area contributed by atoms with E-state index in [0.717, 1.165) is 4.47 Å². The van der Waals surface area contributed by atoms with Crippen LogP contribution in [0.25, 0.3) is 0 Å². The van der Waals surface area contributed by atoms with E-state index in [1.165, 1.54) is 6.20 Å². The average molecular weight is 350 g/mol. The van der Waals surface area contributed by atoms with Gasteiger partial charge >= 0.3 is 0 Å². The summed E-state index contributed by atoms with van der Waals surface area (Å²) in [6.07, 6.45) is 3.09. The third-order valence-corrected chi connectivity index (χ3v) is 3.36. The summed E-state index contributed by atoms with van der Waals surface area (Å²) in [5.41, 5.74) is 7.24. The lowest BCUT2D eigenvalue weighted by Crippen LogP contribution is -2.17. The summed E-state index contributed by atoms with van der Waals surface area (Å²) in [7, 11) is 0. The Morgan fingerprint density at radius 1 is 1.19 bits per heavy atom. The molecule has 0 saturated heterocycles. The van der Waals surface area contributed by atoms with E-state index in [0.29, 0.717) is 41.7 Å². The van der Waals surface area contributed by atoms with Gasteiger partial charge in [-0.3, -0.25) is 9.78 Å². The van der Waals surface area contributed by atoms with Crippen LogP contribution in [0.3, 0.4) is 0 Å². The van der Waals surface area contributed by atoms with Crippen molar-refractivity contribution >= 4 is 33.2 Å². The Balaban J connectivity index is 1.86. The van der Waals surface area contributed by atoms with Gasteiger partial charge in [0, 0.05) is 29.0 Å². The van der Waals surface area contributed by atoms with Gasteiger partial charge in [-0.05, 0) is 22.0 Å². The van der Waals surface area contributed by atoms with Crippen molar-refractivity contribution in [2.45, 2.75) is 0 Å². The lowest BCUT2D eigenvalue weighted by molar-refractivity contribution is 0.102. The van der Waals surface area contributed by atoms with Crippen molar-refractivity contribution < 1.29 is 14.3 Å². The zero-order chi connectivity index (χ0) is 14.8. The highest BCUT2D eigenvalue weighted by atomic mass is 79.9. The lowest BCUT2D eigenvalue weighted by Gasteiger charge is -2.20. The Morgan fingerprint density at radius 3 is 2.62 bits per heavy atom. The molecule has 3 rings (SSSR count). The molecule has 0 radical (unpaired) electrons. The summed E-state index contributed by atoms with van der Waals surface area (Å²) in [4.78, 5) is 16.1. The Morgan fingerprint density at radius 2 is 1.90 bits per heavy atom. The molecule has 0 atom stereocenters. The molecule has 0 fully saturated rings. The summed E-state index contributed by atoms with van der Waals surface area (Å²) >= 11 is 3.28. The van der Waals surface area contributed by atoms with Crippen molar-refractivity contribution in [2.24, 2.45) is 0 Å². The Bertz CT molecular complexity index is 706. The van der Waals surface area contributed by atoms with Crippen molar-refractivity contribution in [1.82, 2.24) is 4.98 Å². The molecule has 1 aromatic heterocycles. The van der Waals surface area contributed by atoms with Crippen molar-refractivity contribution in [3.63, 3.8) is 0 Å². The number of halogens is 1. The number of nitrogens with two attached hydrogens (primary N) is 1. The molecule has 1 amide bonds. The molecular weight excluding hydrogens is 338 g/mol. The standard InChI is InChI=1S/C14H12BrN3O3/c15-9-3-8(6-17-7-9)14(19)18-11-5-13-12(4-10(11)16)20-1-2-21-13/h3-7H,1-2,16H2,(H,18,19). The lowest BCUT2D eigenvalue weighted by atomic mass is 10.2. The second-order valence-electron chi connectivity index (χ2n) is 4.43. The molecule has 0 spiro atoms. The molecule has 6 nitrogen and oxygen atoms in total. The van der Waals surface area contributed by atoms with Crippen molar-refractivity contribution in [1.29, 1.82) is 0 Å². The van der Waals surface area contributed by atoms with Gasteiger partial charge in [0.25, 0.3) is 5.91 Å². The summed E-state index contributed by atoms with van der Waals surface area (Å²) in [6, 6.07) is 4.98. The normalized spacial score (nSPS) is 12.8. The fraction of sp³-hybridized carbons (Fsp3) is 0.143. The van der Waals surface area contributed by atoms with Gasteiger partial charge < -0.3 is 20.5 Å². The second-order valence-corrected chi connectivity index (χ2v) is 5.34. The van der Waals surface area contributed by atoms with E-state index in [1.54, 1.807) is 24.4 Å². The molecule has 7 heteroatoms. The number of ether oxygens (including phenoxy) is 2. The Kier molecular flexibility index (Phi) is 3.66. The number of nitrogens with one attached hydrogen (secondary N) is 1. The summed E-state index contributed by atoms with van der Waals surface area (Å²) in [5.74, 6) is 0.853. The number of carbonyl (C=O) groups excluding carboxylic acids is 1. The zero-order valence-corrected chi connectivity index (χ0v) is 12.5. The van der Waals surface area contributed by atoms with E-state index in [4.69, 9.17) is 15.2 Å². The molecule has 0 unspecified atom stereocenters. The van der Waals surface area contributed by atoms with Gasteiger partial charge in [0.15, 0.2) is 11.5 Å². The van der Waals surface area contributed by atoms with E-state index < -0.39 is 0 Å². The van der Waals surface area contributed by atoms with Crippen LogP contribution in [0.4, 0.5) is 11.4 Å². The number of carbonyl (C=O) groups is 1. The molecule has 21 heavy (non-hydrogen) atoms. The van der Waals surface area contributed by atoms with Crippen LogP contribution < -0.4 is 20.5 Å². The van der Waals surface area contributed by atoms with Gasteiger partial charge in [-0.2, -0.15) is 0 Å². The largest absolute Gasteiger partial charge is 0.486 e. The Labute approximate surface area is 129 Å². The number of hydrogen-bond acceptors (Lipinski definition) is 5. The fourth-order valence-corrected chi connectivity index (χ4v) is 2.31. The first-order chi connectivity index (χ1) is 10.1. The average Bonchev–Trinajstić information content (AvgIpc) is 2.48. The molecular formula is C14H12BrN3O3. The number of aromatic nitrogens is 1. The number of fused-ring (bicyclic) bond motifs is 1. The molecule has 2 heterocycles. The first kappa shape index (κ1) is 13.7. The summed E-state index contributed by atoms with van der Waals surface area (Å²) in [6.45, 7) is 0.960. The number of anilines is 2. The quantitative estimate of drug-likeness (QED) is 0.813. The molecule has 2 aromatic rings. The fourth-order valence-electron chi connectivity index (χ4n) is 1.94. The first-order valence-corrected chi connectivity index (χ1v) is 7.04. The van der Waals surface area contributed by atoms with Crippen molar-refractivity contribution in [3.05, 3.63) is 40.6 Å². The minimum absolute atomic E-state index is 0.299. The van der Waals surface area contributed by atoms with Gasteiger partial charge in [0.05, 0.1) is 16.9 Å². The SMILES string of the molecule is Nc1cc2c(cc1NC(=O)c1cncc(Br)c1)OCCO2. The number of benzene rings is 1. The van der Waals surface area contributed by atoms with Gasteiger partial charge in [-0.15, -0.1) is 0 Å². The predicted molar refractivity (Wildman–Crippen MR) is 81.7 cm³/mol. The minimum atomic E-state index is -0.299. The number of amides is 1. The second kappa shape index (κ2) is 5.61. The van der Waals surface area contributed by atoms with Crippen molar-refractivity contribution in [2.75, 3.05) is 24.3 Å². The van der Waals surface area contributed by atoms with Gasteiger partial charge in [-0.25, -0.2) is 0 Å². The van der Waals surface area contributed by atoms with Crippen LogP contribution >= 0.6 is 15.9 Å². The summed E-state index contributed by atoms with van der Waals surface area (Å²) < 4.78 is 11.6. The maximum atomic E-state index is 12.2. The maximum Gasteiger partial charge on any atom is 0.257 e. The van der Waals surface area contributed by atoms with Gasteiger partial charge in [-0.1, -0.05) is 0 Å². The third-order valence-electron chi connectivity index (χ3n) is 2.93. The molecule has 1 aliphatic rings. The number of nitrogen functional groups attached to an aromatic ring is 1. The number of hydrogen-bond donors (Lipinski definition) is 2. The minimum Gasteiger partial charge on any atom is -0.486 e. The molecule has 108 valence electrons. The molecule has 0 aliphatic carbocycles. The van der Waals surface area contributed by atoms with E-state index in [9.17, 15) is 4.79 Å². The summed E-state index contributed by atoms with van der Waals surface area (Å²) in [5, 5.41) is 2.74. The van der Waals surface area contributed by atoms with Crippen LogP contribution in [-0.4, -0.2) is 24.1 Å². The van der Waals surface area contributed by atoms with Crippen LogP contribution in [0.1, 0.15) is 10.4 Å². The third kappa shape index (κ3) is 2.92. The van der Waals surface area contributed by atoms with Crippen LogP contribution in [0.2, 0.25) is 0 Å². The van der Waals surface area contributed by atoms with E-state index in [-0.39, 0.29) is 5.91 Å². The van der Waals surface area contributed by atoms with E-state index >= 15 is 0 Å². The zero-order valence-electron chi connectivity index (χ0n) is 10.9. The van der Waals surface area contributed by atoms with E-state index in [2.05, 4.69) is 26.2 Å². The highest BCUT2D eigenvalue weighted by molar-refractivity contribution is 9.10. The molecule has 0 bridgehead atoms. The van der Waals surface area contributed by atoms with E-state index in [1.807, 2.05) is 0 Å². The van der Waals surface area contributed by atoms with Gasteiger partial charge in [0.2, 0.25) is 0 Å². The maximum absolute atomic E-state index is 12.2. The number of pyridine rings is 1. The smallest absolute Gasteiger partial charge is 0.257 e. The molecule has 1 aromatic carbocycles. The van der Waals surface area contributed by atoms with Crippen LogP contribution in [-0.2, 0) is 0 Å². The van der Waals surface area contributed by atoms with Gasteiger partial charge in [0.1, 0.15) is 13.2 Å².